The van der Waals surface area contributed by atoms with Crippen molar-refractivity contribution in [1.82, 2.24) is 15.1 Å². The largest absolute Gasteiger partial charge is 0.480 e. The lowest BCUT2D eigenvalue weighted by Gasteiger charge is -2.45. The number of aliphatic hydroxyl groups excluding tert-OH is 1. The highest BCUT2D eigenvalue weighted by molar-refractivity contribution is 5.83. The first-order valence-corrected chi connectivity index (χ1v) is 7.25. The highest BCUT2D eigenvalue weighted by Gasteiger charge is 2.41. The average molecular weight is 283 g/mol. The molecule has 2 unspecified atom stereocenters. The Hall–Kier alpha value is -1.34. The predicted octanol–water partition coefficient (Wildman–Crippen LogP) is -0.690. The molecule has 4 fully saturated rings. The van der Waals surface area contributed by atoms with Crippen molar-refractivity contribution in [2.45, 2.75) is 37.5 Å². The Labute approximate surface area is 117 Å². The zero-order valence-electron chi connectivity index (χ0n) is 11.4. The standard InChI is InChI=1S/C13H21N3O4/c17-9-5-11(12(18)19)16(6-9)13(20)14-10-7-15-3-1-8(10)2-4-15/h8-11,17H,1-7H2,(H,14,20)(H,18,19)/t9?,10?,11-/m0/s1. The van der Waals surface area contributed by atoms with Gasteiger partial charge in [-0.1, -0.05) is 0 Å². The van der Waals surface area contributed by atoms with E-state index in [1.54, 1.807) is 0 Å². The molecule has 0 aromatic heterocycles. The Balaban J connectivity index is 1.62. The number of aliphatic hydroxyl groups is 1. The van der Waals surface area contributed by atoms with Crippen molar-refractivity contribution in [3.05, 3.63) is 0 Å². The monoisotopic (exact) mass is 283 g/mol. The van der Waals surface area contributed by atoms with E-state index in [0.717, 1.165) is 32.5 Å². The molecule has 2 bridgehead atoms. The summed E-state index contributed by atoms with van der Waals surface area (Å²) in [6, 6.07) is -1.16. The first-order chi connectivity index (χ1) is 9.54. The van der Waals surface area contributed by atoms with Gasteiger partial charge in [0.2, 0.25) is 0 Å². The van der Waals surface area contributed by atoms with E-state index in [4.69, 9.17) is 5.11 Å². The van der Waals surface area contributed by atoms with Crippen molar-refractivity contribution in [2.24, 2.45) is 5.92 Å². The number of carboxylic acid groups (broad SMARTS) is 1. The Bertz CT molecular complexity index is 408. The SMILES string of the molecule is O=C(O)[C@@H]1CC(O)CN1C(=O)NC1CN2CCC1CC2. The lowest BCUT2D eigenvalue weighted by molar-refractivity contribution is -0.141. The van der Waals surface area contributed by atoms with Gasteiger partial charge in [0, 0.05) is 25.6 Å². The number of nitrogens with one attached hydrogen (secondary N) is 1. The van der Waals surface area contributed by atoms with Crippen LogP contribution in [0.1, 0.15) is 19.3 Å². The van der Waals surface area contributed by atoms with Crippen molar-refractivity contribution in [1.29, 1.82) is 0 Å². The van der Waals surface area contributed by atoms with Crippen LogP contribution < -0.4 is 5.32 Å². The molecule has 0 spiro atoms. The van der Waals surface area contributed by atoms with E-state index in [-0.39, 0.29) is 25.0 Å². The van der Waals surface area contributed by atoms with E-state index < -0.39 is 18.1 Å². The zero-order chi connectivity index (χ0) is 14.3. The molecule has 4 saturated heterocycles. The summed E-state index contributed by atoms with van der Waals surface area (Å²) in [5, 5.41) is 21.7. The molecular formula is C13H21N3O4. The molecule has 3 atom stereocenters. The summed E-state index contributed by atoms with van der Waals surface area (Å²) >= 11 is 0. The summed E-state index contributed by atoms with van der Waals surface area (Å²) in [6.07, 6.45) is 1.56. The molecule has 0 saturated carbocycles. The second-order valence-electron chi connectivity index (χ2n) is 6.09. The van der Waals surface area contributed by atoms with Crippen LogP contribution >= 0.6 is 0 Å². The summed E-state index contributed by atoms with van der Waals surface area (Å²) in [4.78, 5) is 27.0. The summed E-state index contributed by atoms with van der Waals surface area (Å²) in [7, 11) is 0. The molecule has 112 valence electrons. The maximum atomic E-state index is 12.3. The van der Waals surface area contributed by atoms with Gasteiger partial charge in [0.1, 0.15) is 6.04 Å². The fourth-order valence-corrected chi connectivity index (χ4v) is 3.64. The number of carbonyl (C=O) groups excluding carboxylic acids is 1. The number of carboxylic acids is 1. The van der Waals surface area contributed by atoms with E-state index in [2.05, 4.69) is 10.2 Å². The van der Waals surface area contributed by atoms with Crippen molar-refractivity contribution in [3.8, 4) is 0 Å². The van der Waals surface area contributed by atoms with Gasteiger partial charge in [0.05, 0.1) is 6.10 Å². The van der Waals surface area contributed by atoms with Crippen LogP contribution in [0, 0.1) is 5.92 Å². The molecule has 7 nitrogen and oxygen atoms in total. The number of nitrogens with zero attached hydrogens (tertiary/aromatic N) is 2. The van der Waals surface area contributed by atoms with Crippen LogP contribution in [-0.4, -0.2) is 76.4 Å². The van der Waals surface area contributed by atoms with Crippen LogP contribution in [0.3, 0.4) is 0 Å². The summed E-state index contributed by atoms with van der Waals surface area (Å²) in [5.74, 6) is -0.551. The Morgan fingerprint density at radius 3 is 2.40 bits per heavy atom. The molecule has 3 N–H and O–H groups in total. The van der Waals surface area contributed by atoms with Gasteiger partial charge < -0.3 is 25.3 Å². The Morgan fingerprint density at radius 2 is 1.85 bits per heavy atom. The third-order valence-electron chi connectivity index (χ3n) is 4.79. The molecule has 4 rings (SSSR count). The fraction of sp³-hybridized carbons (Fsp3) is 0.846. The number of β-amino-alcohol motifs (C(OH)–C–C–N with tert-alkyl or cyclic N) is 1. The van der Waals surface area contributed by atoms with Gasteiger partial charge in [-0.05, 0) is 31.8 Å². The van der Waals surface area contributed by atoms with Crippen LogP contribution in [-0.2, 0) is 4.79 Å². The molecule has 0 radical (unpaired) electrons. The van der Waals surface area contributed by atoms with E-state index in [1.807, 2.05) is 0 Å². The molecule has 20 heavy (non-hydrogen) atoms. The van der Waals surface area contributed by atoms with Gasteiger partial charge in [-0.3, -0.25) is 0 Å². The number of urea groups is 1. The summed E-state index contributed by atoms with van der Waals surface area (Å²) in [6.45, 7) is 3.14. The van der Waals surface area contributed by atoms with Gasteiger partial charge in [0.25, 0.3) is 0 Å². The molecule has 4 aliphatic rings. The topological polar surface area (TPSA) is 93.1 Å². The lowest BCUT2D eigenvalue weighted by Crippen LogP contribution is -2.59. The van der Waals surface area contributed by atoms with Gasteiger partial charge in [-0.2, -0.15) is 0 Å². The third-order valence-corrected chi connectivity index (χ3v) is 4.79. The summed E-state index contributed by atoms with van der Waals surface area (Å²) < 4.78 is 0. The number of amides is 2. The molecule has 0 aromatic rings. The minimum Gasteiger partial charge on any atom is -0.480 e. The normalized spacial score (nSPS) is 39.9. The Kier molecular flexibility index (Phi) is 3.55. The molecule has 7 heteroatoms. The highest BCUT2D eigenvalue weighted by atomic mass is 16.4. The highest BCUT2D eigenvalue weighted by Crippen LogP contribution is 2.28. The quantitative estimate of drug-likeness (QED) is 0.624. The number of piperidine rings is 3. The van der Waals surface area contributed by atoms with Crippen molar-refractivity contribution >= 4 is 12.0 Å². The van der Waals surface area contributed by atoms with Gasteiger partial charge >= 0.3 is 12.0 Å². The van der Waals surface area contributed by atoms with E-state index >= 15 is 0 Å². The number of carbonyl (C=O) groups is 2. The summed E-state index contributed by atoms with van der Waals surface area (Å²) in [5.41, 5.74) is 0. The van der Waals surface area contributed by atoms with E-state index in [1.165, 1.54) is 4.90 Å². The van der Waals surface area contributed by atoms with Crippen molar-refractivity contribution in [2.75, 3.05) is 26.2 Å². The van der Waals surface area contributed by atoms with Gasteiger partial charge in [-0.15, -0.1) is 0 Å². The number of rotatable bonds is 2. The predicted molar refractivity (Wildman–Crippen MR) is 70.2 cm³/mol. The van der Waals surface area contributed by atoms with Crippen LogP contribution in [0.5, 0.6) is 0 Å². The minimum absolute atomic E-state index is 0.101. The Morgan fingerprint density at radius 1 is 1.15 bits per heavy atom. The van der Waals surface area contributed by atoms with Crippen LogP contribution in [0.15, 0.2) is 0 Å². The third kappa shape index (κ3) is 2.47. The average Bonchev–Trinajstić information content (AvgIpc) is 2.82. The number of hydrogen-bond acceptors (Lipinski definition) is 4. The molecule has 4 heterocycles. The van der Waals surface area contributed by atoms with Crippen LogP contribution in [0.2, 0.25) is 0 Å². The fourth-order valence-electron chi connectivity index (χ4n) is 3.64. The number of hydrogen-bond donors (Lipinski definition) is 3. The maximum absolute atomic E-state index is 12.3. The minimum atomic E-state index is -1.05. The molecule has 0 aliphatic carbocycles. The van der Waals surface area contributed by atoms with Gasteiger partial charge in [0.15, 0.2) is 0 Å². The smallest absolute Gasteiger partial charge is 0.326 e. The molecule has 0 aromatic carbocycles. The zero-order valence-corrected chi connectivity index (χ0v) is 11.4. The molecular weight excluding hydrogens is 262 g/mol. The second-order valence-corrected chi connectivity index (χ2v) is 6.09. The first kappa shape index (κ1) is 13.6. The van der Waals surface area contributed by atoms with Gasteiger partial charge in [-0.25, -0.2) is 9.59 Å². The van der Waals surface area contributed by atoms with E-state index in [0.29, 0.717) is 5.92 Å². The first-order valence-electron chi connectivity index (χ1n) is 7.25. The van der Waals surface area contributed by atoms with Crippen molar-refractivity contribution < 1.29 is 19.8 Å². The van der Waals surface area contributed by atoms with Crippen molar-refractivity contribution in [3.63, 3.8) is 0 Å². The molecule has 4 aliphatic heterocycles. The lowest BCUT2D eigenvalue weighted by atomic mass is 9.84. The second kappa shape index (κ2) is 5.21. The van der Waals surface area contributed by atoms with E-state index in [9.17, 15) is 14.7 Å². The number of aliphatic carboxylic acids is 1. The maximum Gasteiger partial charge on any atom is 0.326 e. The van der Waals surface area contributed by atoms with Crippen LogP contribution in [0.25, 0.3) is 0 Å². The molecule has 2 amide bonds. The van der Waals surface area contributed by atoms with Crippen LogP contribution in [0.4, 0.5) is 4.79 Å². The number of likely N-dealkylation sites (tertiary alicyclic amines) is 1. The number of fused-ring (bicyclic) bond motifs is 3.